The SMILES string of the molecule is Cc1c(Cl)cccc1Nc1nccc(C(=O)NC2CCCC2)n1. The van der Waals surface area contributed by atoms with Crippen LogP contribution in [-0.4, -0.2) is 21.9 Å². The predicted octanol–water partition coefficient (Wildman–Crippen LogP) is 3.85. The molecule has 0 saturated heterocycles. The van der Waals surface area contributed by atoms with E-state index in [1.54, 1.807) is 12.3 Å². The minimum Gasteiger partial charge on any atom is -0.348 e. The van der Waals surface area contributed by atoms with Gasteiger partial charge in [0.1, 0.15) is 5.69 Å². The van der Waals surface area contributed by atoms with Gasteiger partial charge in [0.25, 0.3) is 5.91 Å². The van der Waals surface area contributed by atoms with E-state index < -0.39 is 0 Å². The Labute approximate surface area is 140 Å². The quantitative estimate of drug-likeness (QED) is 0.893. The Hall–Kier alpha value is -2.14. The molecule has 2 N–H and O–H groups in total. The Balaban J connectivity index is 1.74. The average molecular weight is 331 g/mol. The summed E-state index contributed by atoms with van der Waals surface area (Å²) in [6.07, 6.45) is 6.02. The van der Waals surface area contributed by atoms with Crippen LogP contribution < -0.4 is 10.6 Å². The Bertz CT molecular complexity index is 713. The van der Waals surface area contributed by atoms with E-state index in [-0.39, 0.29) is 11.9 Å². The number of amides is 1. The molecule has 2 aromatic rings. The highest BCUT2D eigenvalue weighted by Crippen LogP contribution is 2.25. The summed E-state index contributed by atoms with van der Waals surface area (Å²) >= 11 is 6.11. The van der Waals surface area contributed by atoms with Crippen LogP contribution >= 0.6 is 11.6 Å². The van der Waals surface area contributed by atoms with Gasteiger partial charge in [0.05, 0.1) is 0 Å². The predicted molar refractivity (Wildman–Crippen MR) is 91.2 cm³/mol. The van der Waals surface area contributed by atoms with Gasteiger partial charge in [-0.2, -0.15) is 0 Å². The van der Waals surface area contributed by atoms with E-state index in [9.17, 15) is 4.79 Å². The van der Waals surface area contributed by atoms with E-state index in [0.717, 1.165) is 24.1 Å². The van der Waals surface area contributed by atoms with Gasteiger partial charge < -0.3 is 10.6 Å². The summed E-state index contributed by atoms with van der Waals surface area (Å²) in [4.78, 5) is 20.8. The smallest absolute Gasteiger partial charge is 0.270 e. The molecular formula is C17H19ClN4O. The number of nitrogens with zero attached hydrogens (tertiary/aromatic N) is 2. The average Bonchev–Trinajstić information content (AvgIpc) is 3.05. The fourth-order valence-corrected chi connectivity index (χ4v) is 2.91. The number of halogens is 1. The van der Waals surface area contributed by atoms with Gasteiger partial charge in [-0.15, -0.1) is 0 Å². The number of nitrogens with one attached hydrogen (secondary N) is 2. The van der Waals surface area contributed by atoms with E-state index >= 15 is 0 Å². The molecule has 1 aromatic heterocycles. The highest BCUT2D eigenvalue weighted by molar-refractivity contribution is 6.31. The molecule has 1 fully saturated rings. The van der Waals surface area contributed by atoms with E-state index in [1.165, 1.54) is 12.8 Å². The normalized spacial score (nSPS) is 14.7. The first-order valence-electron chi connectivity index (χ1n) is 7.79. The lowest BCUT2D eigenvalue weighted by molar-refractivity contribution is 0.0933. The van der Waals surface area contributed by atoms with E-state index in [0.29, 0.717) is 16.7 Å². The van der Waals surface area contributed by atoms with Crippen molar-refractivity contribution in [2.24, 2.45) is 0 Å². The van der Waals surface area contributed by atoms with Crippen molar-refractivity contribution in [1.29, 1.82) is 0 Å². The molecule has 1 heterocycles. The van der Waals surface area contributed by atoms with Crippen molar-refractivity contribution in [2.45, 2.75) is 38.6 Å². The molecule has 1 aliphatic rings. The third kappa shape index (κ3) is 3.79. The van der Waals surface area contributed by atoms with Crippen LogP contribution in [0.25, 0.3) is 0 Å². The Morgan fingerprint density at radius 1 is 1.26 bits per heavy atom. The number of carbonyl (C=O) groups is 1. The lowest BCUT2D eigenvalue weighted by Crippen LogP contribution is -2.33. The number of rotatable bonds is 4. The summed E-state index contributed by atoms with van der Waals surface area (Å²) in [5, 5.41) is 6.82. The molecule has 5 nitrogen and oxygen atoms in total. The molecule has 1 aliphatic carbocycles. The molecule has 0 atom stereocenters. The molecule has 0 spiro atoms. The second kappa shape index (κ2) is 6.96. The summed E-state index contributed by atoms with van der Waals surface area (Å²) in [5.41, 5.74) is 2.11. The van der Waals surface area contributed by atoms with Crippen molar-refractivity contribution >= 4 is 29.1 Å². The van der Waals surface area contributed by atoms with Crippen molar-refractivity contribution < 1.29 is 4.79 Å². The van der Waals surface area contributed by atoms with Crippen molar-refractivity contribution in [3.8, 4) is 0 Å². The first-order valence-corrected chi connectivity index (χ1v) is 8.17. The highest BCUT2D eigenvalue weighted by atomic mass is 35.5. The zero-order valence-corrected chi connectivity index (χ0v) is 13.7. The first-order chi connectivity index (χ1) is 11.1. The van der Waals surface area contributed by atoms with Gasteiger partial charge in [0, 0.05) is 22.9 Å². The van der Waals surface area contributed by atoms with Crippen molar-refractivity contribution in [3.05, 3.63) is 46.7 Å². The van der Waals surface area contributed by atoms with Gasteiger partial charge in [-0.05, 0) is 43.5 Å². The maximum Gasteiger partial charge on any atom is 0.270 e. The summed E-state index contributed by atoms with van der Waals surface area (Å²) < 4.78 is 0. The second-order valence-electron chi connectivity index (χ2n) is 5.76. The van der Waals surface area contributed by atoms with E-state index in [4.69, 9.17) is 11.6 Å². The zero-order valence-electron chi connectivity index (χ0n) is 13.0. The van der Waals surface area contributed by atoms with Crippen LogP contribution in [0, 0.1) is 6.92 Å². The fraction of sp³-hybridized carbons (Fsp3) is 0.353. The molecular weight excluding hydrogens is 312 g/mol. The van der Waals surface area contributed by atoms with Gasteiger partial charge in [-0.25, -0.2) is 9.97 Å². The highest BCUT2D eigenvalue weighted by Gasteiger charge is 2.19. The summed E-state index contributed by atoms with van der Waals surface area (Å²) in [6, 6.07) is 7.47. The standard InChI is InChI=1S/C17H19ClN4O/c1-11-13(18)7-4-8-14(11)21-17-19-10-9-15(22-17)16(23)20-12-5-2-3-6-12/h4,7-10,12H,2-3,5-6H2,1H3,(H,20,23)(H,19,21,22). The van der Waals surface area contributed by atoms with Crippen molar-refractivity contribution in [3.63, 3.8) is 0 Å². The molecule has 1 amide bonds. The van der Waals surface area contributed by atoms with E-state index in [2.05, 4.69) is 20.6 Å². The maximum atomic E-state index is 12.3. The largest absolute Gasteiger partial charge is 0.348 e. The molecule has 0 aliphatic heterocycles. The lowest BCUT2D eigenvalue weighted by atomic mass is 10.2. The molecule has 3 rings (SSSR count). The molecule has 1 saturated carbocycles. The fourth-order valence-electron chi connectivity index (χ4n) is 2.74. The van der Waals surface area contributed by atoms with Gasteiger partial charge in [0.2, 0.25) is 5.95 Å². The number of carbonyl (C=O) groups excluding carboxylic acids is 1. The third-order valence-electron chi connectivity index (χ3n) is 4.09. The molecule has 0 unspecified atom stereocenters. The van der Waals surface area contributed by atoms with Crippen LogP contribution in [0.3, 0.4) is 0 Å². The van der Waals surface area contributed by atoms with Gasteiger partial charge >= 0.3 is 0 Å². The van der Waals surface area contributed by atoms with Crippen molar-refractivity contribution in [2.75, 3.05) is 5.32 Å². The number of hydrogen-bond acceptors (Lipinski definition) is 4. The molecule has 23 heavy (non-hydrogen) atoms. The minimum absolute atomic E-state index is 0.148. The first kappa shape index (κ1) is 15.7. The van der Waals surface area contributed by atoms with Crippen LogP contribution in [-0.2, 0) is 0 Å². The number of hydrogen-bond donors (Lipinski definition) is 2. The number of aromatic nitrogens is 2. The van der Waals surface area contributed by atoms with Crippen LogP contribution in [0.2, 0.25) is 5.02 Å². The van der Waals surface area contributed by atoms with Gasteiger partial charge in [-0.1, -0.05) is 30.5 Å². The summed E-state index contributed by atoms with van der Waals surface area (Å²) in [5.74, 6) is 0.236. The van der Waals surface area contributed by atoms with E-state index in [1.807, 2.05) is 25.1 Å². The molecule has 120 valence electrons. The zero-order chi connectivity index (χ0) is 16.2. The van der Waals surface area contributed by atoms with Crippen LogP contribution in [0.4, 0.5) is 11.6 Å². The molecule has 1 aromatic carbocycles. The lowest BCUT2D eigenvalue weighted by Gasteiger charge is -2.12. The Kier molecular flexibility index (Phi) is 4.76. The molecule has 0 bridgehead atoms. The molecule has 6 heteroatoms. The Morgan fingerprint density at radius 3 is 2.83 bits per heavy atom. The summed E-state index contributed by atoms with van der Waals surface area (Å²) in [6.45, 7) is 1.92. The maximum absolute atomic E-state index is 12.3. The Morgan fingerprint density at radius 2 is 2.04 bits per heavy atom. The summed E-state index contributed by atoms with van der Waals surface area (Å²) in [7, 11) is 0. The number of anilines is 2. The third-order valence-corrected chi connectivity index (χ3v) is 4.50. The molecule has 0 radical (unpaired) electrons. The minimum atomic E-state index is -0.148. The van der Waals surface area contributed by atoms with Gasteiger partial charge in [0.15, 0.2) is 0 Å². The monoisotopic (exact) mass is 330 g/mol. The topological polar surface area (TPSA) is 66.9 Å². The van der Waals surface area contributed by atoms with Crippen LogP contribution in [0.5, 0.6) is 0 Å². The second-order valence-corrected chi connectivity index (χ2v) is 6.16. The van der Waals surface area contributed by atoms with Crippen molar-refractivity contribution in [1.82, 2.24) is 15.3 Å². The number of benzene rings is 1. The van der Waals surface area contributed by atoms with Gasteiger partial charge in [-0.3, -0.25) is 4.79 Å². The van der Waals surface area contributed by atoms with Crippen LogP contribution in [0.1, 0.15) is 41.7 Å². The van der Waals surface area contributed by atoms with Crippen LogP contribution in [0.15, 0.2) is 30.5 Å².